The van der Waals surface area contributed by atoms with Gasteiger partial charge in [0.1, 0.15) is 0 Å². The van der Waals surface area contributed by atoms with Gasteiger partial charge in [-0.15, -0.1) is 0 Å². The number of anilines is 6. The van der Waals surface area contributed by atoms with Crippen molar-refractivity contribution in [1.29, 1.82) is 0 Å². The van der Waals surface area contributed by atoms with E-state index in [1.165, 1.54) is 5.56 Å². The Morgan fingerprint density at radius 2 is 1.00 bits per heavy atom. The maximum absolute atomic E-state index is 9.06. The number of imidazole rings is 1. The number of rotatable bonds is 9. The van der Waals surface area contributed by atoms with E-state index in [9.17, 15) is 0 Å². The van der Waals surface area contributed by atoms with Crippen LogP contribution in [0.5, 0.6) is 11.5 Å². The molecule has 436 valence electrons. The smallest absolute Gasteiger partial charge is 0.0616 e. The van der Waals surface area contributed by atoms with E-state index in [0.717, 1.165) is 105 Å². The summed E-state index contributed by atoms with van der Waals surface area (Å²) in [6.45, 7) is 15.5. The Hall–Kier alpha value is -9.87. The van der Waals surface area contributed by atoms with Crippen LogP contribution in [-0.4, -0.2) is 14.1 Å². The first kappa shape index (κ1) is 50.2. The molecular weight excluding hydrogens is 1270 g/mol. The van der Waals surface area contributed by atoms with E-state index in [4.69, 9.17) is 16.6 Å². The van der Waals surface area contributed by atoms with Gasteiger partial charge in [0.05, 0.1) is 18.2 Å². The first-order valence-corrected chi connectivity index (χ1v) is 31.4. The van der Waals surface area contributed by atoms with Crippen molar-refractivity contribution in [3.63, 3.8) is 0 Å². The Morgan fingerprint density at radius 3 is 1.62 bits per heavy atom. The van der Waals surface area contributed by atoms with Gasteiger partial charge in [0.2, 0.25) is 0 Å². The molecule has 0 aliphatic carbocycles. The predicted octanol–water partition coefficient (Wildman–Crippen LogP) is 21.5. The van der Waals surface area contributed by atoms with Crippen LogP contribution in [0.25, 0.3) is 55.8 Å². The molecule has 89 heavy (non-hydrogen) atoms. The predicted molar refractivity (Wildman–Crippen MR) is 363 cm³/mol. The Labute approximate surface area is 539 Å². The van der Waals surface area contributed by atoms with E-state index < -0.39 is 29.0 Å². The van der Waals surface area contributed by atoms with Gasteiger partial charge in [0.15, 0.2) is 0 Å². The molecule has 2 aliphatic rings. The molecule has 4 heterocycles. The van der Waals surface area contributed by atoms with Gasteiger partial charge in [0, 0.05) is 17.4 Å². The second-order valence-corrected chi connectivity index (χ2v) is 26.2. The Bertz CT molecular complexity index is 5130. The van der Waals surface area contributed by atoms with Crippen LogP contribution in [0.1, 0.15) is 87.3 Å². The van der Waals surface area contributed by atoms with Gasteiger partial charge >= 0.3 is 331 Å². The van der Waals surface area contributed by atoms with Gasteiger partial charge in [-0.2, -0.15) is 0 Å². The van der Waals surface area contributed by atoms with Crippen LogP contribution in [0.15, 0.2) is 279 Å². The second kappa shape index (κ2) is 21.8. The molecule has 2 aromatic heterocycles. The molecule has 11 aromatic carbocycles. The Morgan fingerprint density at radius 1 is 0.449 bits per heavy atom. The normalized spacial score (nSPS) is 14.0. The summed E-state index contributed by atoms with van der Waals surface area (Å²) in [6, 6.07) is 84.9. The number of aromatic nitrogens is 3. The van der Waals surface area contributed by atoms with Gasteiger partial charge in [-0.1, -0.05) is 118 Å². The van der Waals surface area contributed by atoms with Crippen LogP contribution >= 0.6 is 0 Å². The minimum Gasteiger partial charge on any atom is -0.0616 e. The molecule has 15 rings (SSSR count). The average molecular weight is 1340 g/mol. The third-order valence-corrected chi connectivity index (χ3v) is 18.7. The molecule has 0 saturated carbocycles. The molecule has 0 amide bonds. The van der Waals surface area contributed by atoms with Crippen molar-refractivity contribution in [3.8, 4) is 56.3 Å². The van der Waals surface area contributed by atoms with Crippen LogP contribution < -0.4 is 14.5 Å². The minimum absolute atomic E-state index is 0.105. The quantitative estimate of drug-likeness (QED) is 0.144. The van der Waals surface area contributed by atoms with E-state index in [0.29, 0.717) is 28.4 Å². The van der Waals surface area contributed by atoms with Crippen molar-refractivity contribution >= 4 is 45.3 Å². The number of pyridine rings is 1. The van der Waals surface area contributed by atoms with E-state index >= 15 is 0 Å². The molecule has 0 radical (unpaired) electrons. The Balaban J connectivity index is 0.979. The molecule has 7 heteroatoms. The van der Waals surface area contributed by atoms with Gasteiger partial charge in [-0.05, 0) is 53.3 Å². The number of para-hydroxylation sites is 6. The monoisotopic (exact) mass is 1340 g/mol. The first-order chi connectivity index (χ1) is 45.3. The fourth-order valence-corrected chi connectivity index (χ4v) is 14.7. The SMILES string of the molecule is [2H]c1c([2H])c([2H])c(-c2cnc(N3c4ccc(C(C)(C)C)cc4C4(c5ccccc5N(c5ccccc5)c5ccccc54)c4cc(C(C)(C)C)c(Oc5cccc(-n6[c](=[Pt])n(-c7c(-c8ccccc8)cccc7-c7ccccc7)c7ccccc76)c5)cc43)cc2C)c([2H])c1[2H]. The van der Waals surface area contributed by atoms with Crippen molar-refractivity contribution in [2.75, 3.05) is 9.80 Å². The summed E-state index contributed by atoms with van der Waals surface area (Å²) >= 11 is 2.50. The van der Waals surface area contributed by atoms with Crippen molar-refractivity contribution < 1.29 is 30.9 Å². The molecule has 0 atom stereocenters. The molecule has 0 saturated heterocycles. The summed E-state index contributed by atoms with van der Waals surface area (Å²) in [5.74, 6) is 1.90. The van der Waals surface area contributed by atoms with E-state index in [1.807, 2.05) is 19.1 Å². The first-order valence-electron chi connectivity index (χ1n) is 32.8. The van der Waals surface area contributed by atoms with Crippen molar-refractivity contribution in [1.82, 2.24) is 14.1 Å². The van der Waals surface area contributed by atoms with Crippen molar-refractivity contribution in [2.45, 2.75) is 64.7 Å². The molecule has 0 N–H and O–H groups in total. The maximum atomic E-state index is 9.06. The average Bonchev–Trinajstić information content (AvgIpc) is 0.757. The van der Waals surface area contributed by atoms with E-state index in [2.05, 4.69) is 310 Å². The molecule has 1 spiro atoms. The molecular formula is C82H67N5OPt. The summed E-state index contributed by atoms with van der Waals surface area (Å²) in [6.07, 6.45) is 1.67. The molecule has 0 fully saturated rings. The molecule has 6 nitrogen and oxygen atoms in total. The number of nitrogens with zero attached hydrogens (tertiary/aromatic N) is 5. The van der Waals surface area contributed by atoms with Crippen LogP contribution in [-0.2, 0) is 35.6 Å². The van der Waals surface area contributed by atoms with Gasteiger partial charge in [-0.3, -0.25) is 0 Å². The third-order valence-electron chi connectivity index (χ3n) is 17.7. The number of hydrogen-bond acceptors (Lipinski definition) is 4. The number of benzene rings is 11. The number of aryl methyl sites for hydroxylation is 1. The minimum atomic E-state index is -0.942. The fraction of sp³-hybridized carbons (Fsp3) is 0.122. The van der Waals surface area contributed by atoms with Gasteiger partial charge in [-0.25, -0.2) is 0 Å². The zero-order chi connectivity index (χ0) is 65.1. The van der Waals surface area contributed by atoms with Crippen molar-refractivity contribution in [3.05, 3.63) is 322 Å². The standard InChI is InChI=1S/C82H67N5O.Pt/c1-55-48-78(83-53-65(55)58-32-16-10-17-33-58)87-73-47-46-59(80(2,3)4)49-68(73)82(66-40-20-22-42-71(66)86(60-34-18-11-19-35-60)72-43-23-21-41-67(72)82)69-51-70(81(5,6)7)77(52-76(69)87)88-62-37-26-36-61(50-62)84-54-85(75-45-25-24-44-74(75)84)79-63(56-28-12-8-13-29-56)38-27-39-64(79)57-30-14-9-15-31-57;/h8-53H,1-7H3;/i10D,16D,17D,32D,33D;. The summed E-state index contributed by atoms with van der Waals surface area (Å²) in [5, 5.41) is 0. The molecule has 0 bridgehead atoms. The van der Waals surface area contributed by atoms with E-state index in [1.54, 1.807) is 6.20 Å². The number of ether oxygens (including phenoxy) is 1. The summed E-state index contributed by atoms with van der Waals surface area (Å²) in [4.78, 5) is 9.96. The summed E-state index contributed by atoms with van der Waals surface area (Å²) < 4.78 is 57.1. The van der Waals surface area contributed by atoms with Crippen LogP contribution in [0.4, 0.5) is 34.3 Å². The zero-order valence-corrected chi connectivity index (χ0v) is 52.9. The topological polar surface area (TPSA) is 38.5 Å². The zero-order valence-electron chi connectivity index (χ0n) is 55.6. The van der Waals surface area contributed by atoms with E-state index in [-0.39, 0.29) is 23.1 Å². The van der Waals surface area contributed by atoms with Crippen LogP contribution in [0.2, 0.25) is 0 Å². The summed E-state index contributed by atoms with van der Waals surface area (Å²) in [7, 11) is 0. The molecule has 2 aliphatic heterocycles. The summed E-state index contributed by atoms with van der Waals surface area (Å²) in [5.41, 5.74) is 19.5. The van der Waals surface area contributed by atoms with Gasteiger partial charge in [0.25, 0.3) is 0 Å². The van der Waals surface area contributed by atoms with Crippen LogP contribution in [0, 0.1) is 10.7 Å². The number of fused-ring (bicyclic) bond motifs is 9. The number of hydrogen-bond donors (Lipinski definition) is 0. The second-order valence-electron chi connectivity index (χ2n) is 25.2. The molecule has 0 unspecified atom stereocenters. The third kappa shape index (κ3) is 9.26. The Kier molecular flexibility index (Phi) is 12.3. The van der Waals surface area contributed by atoms with Gasteiger partial charge < -0.3 is 4.90 Å². The van der Waals surface area contributed by atoms with Crippen molar-refractivity contribution in [2.24, 2.45) is 0 Å². The fourth-order valence-electron chi connectivity index (χ4n) is 13.6. The van der Waals surface area contributed by atoms with Crippen LogP contribution in [0.3, 0.4) is 0 Å². The molecule has 13 aromatic rings.